The second-order valence-electron chi connectivity index (χ2n) is 6.25. The second kappa shape index (κ2) is 7.73. The van der Waals surface area contributed by atoms with Crippen LogP contribution >= 0.6 is 11.3 Å². The largest absolute Gasteiger partial charge is 0.339 e. The predicted molar refractivity (Wildman–Crippen MR) is 107 cm³/mol. The monoisotopic (exact) mass is 398 g/mol. The minimum Gasteiger partial charge on any atom is -0.339 e. The lowest BCUT2D eigenvalue weighted by atomic mass is 10.1. The predicted octanol–water partition coefficient (Wildman–Crippen LogP) is 1.95. The summed E-state index contributed by atoms with van der Waals surface area (Å²) in [5.74, 6) is -1.23. The number of anilines is 1. The van der Waals surface area contributed by atoms with E-state index in [1.165, 1.54) is 19.9 Å². The minimum atomic E-state index is -0.876. The Labute approximate surface area is 164 Å². The van der Waals surface area contributed by atoms with Gasteiger partial charge in [0.2, 0.25) is 5.91 Å². The Morgan fingerprint density at radius 2 is 1.93 bits per heavy atom. The number of nitrogens with one attached hydrogen (secondary N) is 2. The van der Waals surface area contributed by atoms with Gasteiger partial charge in [-0.15, -0.1) is 11.3 Å². The Morgan fingerprint density at radius 3 is 2.61 bits per heavy atom. The van der Waals surface area contributed by atoms with Gasteiger partial charge in [0.05, 0.1) is 5.52 Å². The van der Waals surface area contributed by atoms with E-state index in [0.717, 1.165) is 11.3 Å². The van der Waals surface area contributed by atoms with Gasteiger partial charge in [0, 0.05) is 30.8 Å². The van der Waals surface area contributed by atoms with Crippen LogP contribution in [0.2, 0.25) is 0 Å². The highest BCUT2D eigenvalue weighted by Gasteiger charge is 2.20. The molecule has 3 aromatic rings. The van der Waals surface area contributed by atoms with Crippen molar-refractivity contribution in [1.29, 1.82) is 0 Å². The van der Waals surface area contributed by atoms with Crippen molar-refractivity contribution in [2.45, 2.75) is 19.9 Å². The van der Waals surface area contributed by atoms with Gasteiger partial charge in [0.25, 0.3) is 5.91 Å². The van der Waals surface area contributed by atoms with Crippen molar-refractivity contribution in [3.05, 3.63) is 57.3 Å². The number of pyridine rings is 1. The number of thiazole rings is 1. The van der Waals surface area contributed by atoms with E-state index in [4.69, 9.17) is 0 Å². The van der Waals surface area contributed by atoms with E-state index in [1.54, 1.807) is 41.3 Å². The third kappa shape index (κ3) is 3.84. The van der Waals surface area contributed by atoms with Gasteiger partial charge in [-0.3, -0.25) is 19.2 Å². The van der Waals surface area contributed by atoms with Gasteiger partial charge >= 0.3 is 0 Å². The molecule has 9 heteroatoms. The maximum Gasteiger partial charge on any atom is 0.268 e. The normalized spacial score (nSPS) is 11.8. The molecule has 2 heterocycles. The Kier molecular flexibility index (Phi) is 5.36. The summed E-state index contributed by atoms with van der Waals surface area (Å²) in [7, 11) is 1.68. The van der Waals surface area contributed by atoms with Crippen LogP contribution in [0.3, 0.4) is 0 Å². The first kappa shape index (κ1) is 19.4. The number of benzene rings is 1. The summed E-state index contributed by atoms with van der Waals surface area (Å²) in [6.45, 7) is 2.91. The second-order valence-corrected chi connectivity index (χ2v) is 7.11. The summed E-state index contributed by atoms with van der Waals surface area (Å²) < 4.78 is 1.61. The number of amides is 2. The van der Waals surface area contributed by atoms with E-state index in [2.05, 4.69) is 15.6 Å². The molecule has 0 bridgehead atoms. The van der Waals surface area contributed by atoms with Crippen LogP contribution in [-0.2, 0) is 11.8 Å². The fraction of sp³-hybridized carbons (Fsp3) is 0.211. The van der Waals surface area contributed by atoms with Crippen LogP contribution in [0, 0.1) is 0 Å². The Balaban J connectivity index is 1.75. The molecule has 2 amide bonds. The Morgan fingerprint density at radius 1 is 1.21 bits per heavy atom. The fourth-order valence-corrected chi connectivity index (χ4v) is 3.42. The van der Waals surface area contributed by atoms with Crippen molar-refractivity contribution >= 4 is 45.0 Å². The molecule has 0 aliphatic rings. The zero-order valence-corrected chi connectivity index (χ0v) is 16.3. The maximum absolute atomic E-state index is 12.6. The van der Waals surface area contributed by atoms with Crippen LogP contribution in [0.15, 0.2) is 40.5 Å². The van der Waals surface area contributed by atoms with Crippen LogP contribution in [0.5, 0.6) is 0 Å². The van der Waals surface area contributed by atoms with Gasteiger partial charge in [-0.1, -0.05) is 12.1 Å². The van der Waals surface area contributed by atoms with Crippen molar-refractivity contribution in [2.75, 3.05) is 5.32 Å². The molecule has 2 aromatic heterocycles. The number of rotatable bonds is 5. The molecule has 0 unspecified atom stereocenters. The van der Waals surface area contributed by atoms with E-state index in [-0.39, 0.29) is 27.7 Å². The number of aromatic nitrogens is 2. The first-order valence-corrected chi connectivity index (χ1v) is 9.33. The molecule has 0 aliphatic heterocycles. The standard InChI is InChI=1S/C19H18N4O4S/c1-10(17(26)22-19-21-13(9-28-19)11(2)24)20-18(27)15-8-16(25)12-6-4-5-7-14(12)23(15)3/h4-10H,1-3H3,(H,20,27)(H,21,22,26)/t10-/m1/s1. The highest BCUT2D eigenvalue weighted by Crippen LogP contribution is 2.16. The van der Waals surface area contributed by atoms with Crippen LogP contribution in [0.25, 0.3) is 10.9 Å². The molecular weight excluding hydrogens is 380 g/mol. The quantitative estimate of drug-likeness (QED) is 0.639. The number of hydrogen-bond donors (Lipinski definition) is 2. The molecule has 1 aromatic carbocycles. The van der Waals surface area contributed by atoms with Crippen LogP contribution < -0.4 is 16.1 Å². The summed E-state index contributed by atoms with van der Waals surface area (Å²) in [5.41, 5.74) is 0.770. The first-order chi connectivity index (χ1) is 13.3. The number of hydrogen-bond acceptors (Lipinski definition) is 6. The summed E-state index contributed by atoms with van der Waals surface area (Å²) in [6, 6.07) is 7.35. The van der Waals surface area contributed by atoms with E-state index in [0.29, 0.717) is 10.9 Å². The number of para-hydroxylation sites is 1. The zero-order chi connectivity index (χ0) is 20.4. The van der Waals surface area contributed by atoms with Crippen molar-refractivity contribution in [3.8, 4) is 0 Å². The molecule has 0 aliphatic carbocycles. The Bertz CT molecular complexity index is 1150. The fourth-order valence-electron chi connectivity index (χ4n) is 2.66. The number of fused-ring (bicyclic) bond motifs is 1. The van der Waals surface area contributed by atoms with Gasteiger partial charge in [0.1, 0.15) is 17.4 Å². The van der Waals surface area contributed by atoms with E-state index in [9.17, 15) is 19.2 Å². The number of aryl methyl sites for hydroxylation is 1. The molecule has 0 spiro atoms. The number of nitrogens with zero attached hydrogens (tertiary/aromatic N) is 2. The first-order valence-electron chi connectivity index (χ1n) is 8.45. The lowest BCUT2D eigenvalue weighted by Crippen LogP contribution is -2.42. The topological polar surface area (TPSA) is 110 Å². The van der Waals surface area contributed by atoms with Crippen molar-refractivity contribution < 1.29 is 14.4 Å². The minimum absolute atomic E-state index is 0.150. The summed E-state index contributed by atoms with van der Waals surface area (Å²) in [4.78, 5) is 52.5. The van der Waals surface area contributed by atoms with E-state index >= 15 is 0 Å². The van der Waals surface area contributed by atoms with Crippen molar-refractivity contribution in [1.82, 2.24) is 14.9 Å². The highest BCUT2D eigenvalue weighted by atomic mass is 32.1. The molecule has 0 saturated heterocycles. The van der Waals surface area contributed by atoms with Crippen LogP contribution in [0.4, 0.5) is 5.13 Å². The number of carbonyl (C=O) groups is 3. The molecular formula is C19H18N4O4S. The molecule has 2 N–H and O–H groups in total. The van der Waals surface area contributed by atoms with Crippen LogP contribution in [0.1, 0.15) is 34.8 Å². The lowest BCUT2D eigenvalue weighted by molar-refractivity contribution is -0.117. The average Bonchev–Trinajstić information content (AvgIpc) is 3.13. The van der Waals surface area contributed by atoms with Crippen molar-refractivity contribution in [2.24, 2.45) is 7.05 Å². The maximum atomic E-state index is 12.6. The van der Waals surface area contributed by atoms with Gasteiger partial charge in [-0.25, -0.2) is 4.98 Å². The number of ketones is 1. The van der Waals surface area contributed by atoms with Gasteiger partial charge in [-0.2, -0.15) is 0 Å². The summed E-state index contributed by atoms with van der Waals surface area (Å²) >= 11 is 1.12. The molecule has 0 saturated carbocycles. The average molecular weight is 398 g/mol. The molecule has 1 atom stereocenters. The molecule has 8 nitrogen and oxygen atoms in total. The number of Topliss-reactive ketones (excluding diaryl/α,β-unsaturated/α-hetero) is 1. The van der Waals surface area contributed by atoms with Gasteiger partial charge in [-0.05, 0) is 19.1 Å². The molecule has 28 heavy (non-hydrogen) atoms. The summed E-state index contributed by atoms with van der Waals surface area (Å²) in [5, 5.41) is 7.47. The van der Waals surface area contributed by atoms with Gasteiger partial charge < -0.3 is 15.2 Å². The molecule has 0 radical (unpaired) electrons. The molecule has 0 fully saturated rings. The summed E-state index contributed by atoms with van der Waals surface area (Å²) in [6.07, 6.45) is 0. The third-order valence-corrected chi connectivity index (χ3v) is 4.99. The zero-order valence-electron chi connectivity index (χ0n) is 15.5. The highest BCUT2D eigenvalue weighted by molar-refractivity contribution is 7.14. The van der Waals surface area contributed by atoms with Gasteiger partial charge in [0.15, 0.2) is 16.3 Å². The Hall–Kier alpha value is -3.33. The smallest absolute Gasteiger partial charge is 0.268 e. The molecule has 3 rings (SSSR count). The van der Waals surface area contributed by atoms with E-state index < -0.39 is 17.9 Å². The van der Waals surface area contributed by atoms with E-state index in [1.807, 2.05) is 0 Å². The molecule has 144 valence electrons. The lowest BCUT2D eigenvalue weighted by Gasteiger charge is -2.16. The van der Waals surface area contributed by atoms with Crippen LogP contribution in [-0.4, -0.2) is 33.2 Å². The number of carbonyl (C=O) groups excluding carboxylic acids is 3. The SMILES string of the molecule is CC(=O)c1csc(NC(=O)[C@@H](C)NC(=O)c2cc(=O)c3ccccc3n2C)n1. The third-order valence-electron chi connectivity index (χ3n) is 4.23. The van der Waals surface area contributed by atoms with Crippen molar-refractivity contribution in [3.63, 3.8) is 0 Å².